The van der Waals surface area contributed by atoms with Gasteiger partial charge in [0.05, 0.1) is 4.92 Å². The zero-order valence-electron chi connectivity index (χ0n) is 5.12. The van der Waals surface area contributed by atoms with E-state index >= 15 is 0 Å². The summed E-state index contributed by atoms with van der Waals surface area (Å²) >= 11 is 0. The predicted molar refractivity (Wildman–Crippen MR) is 37.1 cm³/mol. The van der Waals surface area contributed by atoms with Crippen molar-refractivity contribution in [2.45, 2.75) is 0 Å². The van der Waals surface area contributed by atoms with Crippen LogP contribution in [0.2, 0.25) is 0 Å². The minimum Gasteiger partial charge on any atom is -0.257 e. The molecule has 0 aliphatic heterocycles. The smallest absolute Gasteiger partial charge is 0.257 e. The van der Waals surface area contributed by atoms with E-state index in [-0.39, 0.29) is 4.99 Å². The Labute approximate surface area is 55.2 Å². The second-order valence-corrected chi connectivity index (χ2v) is 3.51. The van der Waals surface area contributed by atoms with Crippen LogP contribution in [0.1, 0.15) is 0 Å². The number of hydrogen-bond donors (Lipinski definition) is 0. The van der Waals surface area contributed by atoms with Gasteiger partial charge in [-0.15, -0.1) is 10.5 Å². The van der Waals surface area contributed by atoms with E-state index in [0.29, 0.717) is 0 Å². The lowest BCUT2D eigenvalue weighted by molar-refractivity contribution is -0.342. The van der Waals surface area contributed by atoms with Crippen LogP contribution in [0.4, 0.5) is 0 Å². The molecular formula is C4H6N2O2S. The highest BCUT2D eigenvalue weighted by Crippen LogP contribution is 2.01. The largest absolute Gasteiger partial charge is 0.369 e. The molecule has 4 nitrogen and oxygen atoms in total. The molecule has 0 aromatic rings. The van der Waals surface area contributed by atoms with Crippen molar-refractivity contribution in [2.75, 3.05) is 12.5 Å². The summed E-state index contributed by atoms with van der Waals surface area (Å²) in [6.07, 6.45) is 3.28. The van der Waals surface area contributed by atoms with Crippen LogP contribution in [0, 0.1) is 21.4 Å². The van der Waals surface area contributed by atoms with Gasteiger partial charge in [-0.05, 0) is 12.5 Å². The molecule has 0 N–H and O–H groups in total. The lowest BCUT2D eigenvalue weighted by atomic mass is 10.8. The minimum atomic E-state index is -0.636. The maximum atomic E-state index is 9.92. The maximum absolute atomic E-state index is 9.92. The van der Waals surface area contributed by atoms with Gasteiger partial charge in [0.15, 0.2) is 6.07 Å². The Morgan fingerprint density at radius 2 is 2.22 bits per heavy atom. The quantitative estimate of drug-likeness (QED) is 0.283. The van der Waals surface area contributed by atoms with E-state index in [4.69, 9.17) is 5.26 Å². The molecule has 0 fully saturated rings. The number of nitriles is 1. The second kappa shape index (κ2) is 3.20. The fraction of sp³-hybridized carbons (Fsp3) is 0.500. The van der Waals surface area contributed by atoms with Gasteiger partial charge in [0.25, 0.3) is 0 Å². The summed E-state index contributed by atoms with van der Waals surface area (Å²) < 4.78 is 0. The van der Waals surface area contributed by atoms with E-state index in [2.05, 4.69) is 0 Å². The average molecular weight is 146 g/mol. The molecule has 0 amide bonds. The van der Waals surface area contributed by atoms with Gasteiger partial charge in [-0.1, -0.05) is 0 Å². The van der Waals surface area contributed by atoms with Crippen LogP contribution in [0.3, 0.4) is 0 Å². The third-order valence-electron chi connectivity index (χ3n) is 0.648. The van der Waals surface area contributed by atoms with Crippen molar-refractivity contribution in [1.29, 1.82) is 5.26 Å². The van der Waals surface area contributed by atoms with Gasteiger partial charge in [0.1, 0.15) is 0 Å². The topological polar surface area (TPSA) is 66.9 Å². The summed E-state index contributed by atoms with van der Waals surface area (Å²) in [5.74, 6) is 0. The van der Waals surface area contributed by atoms with Crippen molar-refractivity contribution in [3.05, 3.63) is 10.1 Å². The molecule has 0 heterocycles. The molecule has 0 atom stereocenters. The first-order valence-electron chi connectivity index (χ1n) is 2.08. The molecular weight excluding hydrogens is 140 g/mol. The summed E-state index contributed by atoms with van der Waals surface area (Å²) in [5.41, 5.74) is 0. The van der Waals surface area contributed by atoms with Crippen LogP contribution in [0.15, 0.2) is 0 Å². The standard InChI is InChI=1S/C4H6N2O2S/c1-9(2)4(3-5)6(7)8/h1-2H3. The molecule has 0 spiro atoms. The normalized spacial score (nSPS) is 8.67. The maximum Gasteiger partial charge on any atom is 0.369 e. The van der Waals surface area contributed by atoms with E-state index in [0.717, 1.165) is 0 Å². The van der Waals surface area contributed by atoms with Crippen molar-refractivity contribution < 1.29 is 4.92 Å². The third-order valence-corrected chi connectivity index (χ3v) is 1.66. The van der Waals surface area contributed by atoms with E-state index in [1.807, 2.05) is 0 Å². The summed E-state index contributed by atoms with van der Waals surface area (Å²) in [6, 6.07) is 1.53. The van der Waals surface area contributed by atoms with Gasteiger partial charge in [0.2, 0.25) is 0 Å². The Morgan fingerprint density at radius 1 is 1.78 bits per heavy atom. The van der Waals surface area contributed by atoms with Gasteiger partial charge in [-0.2, -0.15) is 5.26 Å². The van der Waals surface area contributed by atoms with Crippen molar-refractivity contribution >= 4 is 15.5 Å². The average Bonchev–Trinajstić information content (AvgIpc) is 1.64. The zero-order chi connectivity index (χ0) is 7.44. The van der Waals surface area contributed by atoms with Crippen LogP contribution >= 0.6 is 10.5 Å². The molecule has 0 radical (unpaired) electrons. The first-order chi connectivity index (χ1) is 4.09. The van der Waals surface area contributed by atoms with Gasteiger partial charge in [0, 0.05) is 0 Å². The monoisotopic (exact) mass is 146 g/mol. The summed E-state index contributed by atoms with van der Waals surface area (Å²) in [4.78, 5) is 9.03. The van der Waals surface area contributed by atoms with Crippen LogP contribution in [-0.2, 0) is 0 Å². The molecule has 0 saturated heterocycles. The predicted octanol–water partition coefficient (Wildman–Crippen LogP) is 0.445. The van der Waals surface area contributed by atoms with Crippen molar-refractivity contribution in [2.24, 2.45) is 0 Å². The fourth-order valence-corrected chi connectivity index (χ4v) is 0.762. The summed E-state index contributed by atoms with van der Waals surface area (Å²) in [6.45, 7) is 0. The SMILES string of the molecule is CS(C)=C(C#N)[N+](=O)[O-]. The van der Waals surface area contributed by atoms with E-state index in [1.54, 1.807) is 12.5 Å². The molecule has 50 valence electrons. The van der Waals surface area contributed by atoms with Crippen molar-refractivity contribution in [1.82, 2.24) is 0 Å². The van der Waals surface area contributed by atoms with Crippen LogP contribution in [0.5, 0.6) is 0 Å². The third kappa shape index (κ3) is 2.24. The zero-order valence-corrected chi connectivity index (χ0v) is 5.94. The van der Waals surface area contributed by atoms with Crippen molar-refractivity contribution in [3.63, 3.8) is 0 Å². The molecule has 0 rings (SSSR count). The first kappa shape index (κ1) is 8.11. The molecule has 9 heavy (non-hydrogen) atoms. The highest BCUT2D eigenvalue weighted by molar-refractivity contribution is 8.14. The van der Waals surface area contributed by atoms with Gasteiger partial charge >= 0.3 is 4.99 Å². The number of nitrogens with zero attached hydrogens (tertiary/aromatic N) is 2. The van der Waals surface area contributed by atoms with Crippen LogP contribution in [-0.4, -0.2) is 22.4 Å². The van der Waals surface area contributed by atoms with Gasteiger partial charge in [-0.25, -0.2) is 0 Å². The Bertz CT molecular complexity index is 199. The van der Waals surface area contributed by atoms with E-state index < -0.39 is 15.4 Å². The second-order valence-electron chi connectivity index (χ2n) is 1.49. The fourth-order valence-electron chi connectivity index (χ4n) is 0.281. The van der Waals surface area contributed by atoms with E-state index in [9.17, 15) is 10.1 Å². The molecule has 0 bridgehead atoms. The summed E-state index contributed by atoms with van der Waals surface area (Å²) in [7, 11) is -0.527. The van der Waals surface area contributed by atoms with Crippen LogP contribution in [0.25, 0.3) is 0 Å². The highest BCUT2D eigenvalue weighted by atomic mass is 32.2. The van der Waals surface area contributed by atoms with Crippen LogP contribution < -0.4 is 0 Å². The molecule has 0 aliphatic carbocycles. The molecule has 0 aliphatic rings. The molecule has 5 heteroatoms. The van der Waals surface area contributed by atoms with Gasteiger partial charge < -0.3 is 0 Å². The Kier molecular flexibility index (Phi) is 2.88. The number of nitro groups is 1. The highest BCUT2D eigenvalue weighted by Gasteiger charge is 2.09. The lowest BCUT2D eigenvalue weighted by Crippen LogP contribution is -2.08. The Morgan fingerprint density at radius 3 is 2.22 bits per heavy atom. The summed E-state index contributed by atoms with van der Waals surface area (Å²) in [5, 5.41) is 18.1. The lowest BCUT2D eigenvalue weighted by Gasteiger charge is -1.87. The van der Waals surface area contributed by atoms with E-state index in [1.165, 1.54) is 6.07 Å². The van der Waals surface area contributed by atoms with Crippen molar-refractivity contribution in [3.8, 4) is 6.07 Å². The van der Waals surface area contributed by atoms with Gasteiger partial charge in [-0.3, -0.25) is 10.1 Å². The Hall–Kier alpha value is -0.890. The number of hydrogen-bond acceptors (Lipinski definition) is 3. The first-order valence-corrected chi connectivity index (χ1v) is 4.12. The molecule has 0 saturated carbocycles. The molecule has 0 aromatic heterocycles. The Balaban J connectivity index is 4.62. The number of rotatable bonds is 0. The molecule has 0 aromatic carbocycles. The molecule has 0 unspecified atom stereocenters. The minimum absolute atomic E-state index is 0.255.